The predicted molar refractivity (Wildman–Crippen MR) is 101 cm³/mol. The largest absolute Gasteiger partial charge is 0.486 e. The van der Waals surface area contributed by atoms with Crippen molar-refractivity contribution in [1.82, 2.24) is 19.9 Å². The van der Waals surface area contributed by atoms with Crippen molar-refractivity contribution in [2.45, 2.75) is 19.5 Å². The Morgan fingerprint density at radius 3 is 2.81 bits per heavy atom. The first-order valence-corrected chi connectivity index (χ1v) is 9.22. The third kappa shape index (κ3) is 3.36. The van der Waals surface area contributed by atoms with Gasteiger partial charge in [0.05, 0.1) is 5.69 Å². The lowest BCUT2D eigenvalue weighted by Gasteiger charge is -2.28. The van der Waals surface area contributed by atoms with Crippen molar-refractivity contribution in [3.8, 4) is 23.0 Å². The molecule has 2 aromatic heterocycles. The average molecular weight is 360 g/mol. The van der Waals surface area contributed by atoms with Crippen molar-refractivity contribution >= 4 is 0 Å². The standard InChI is InChI=1S/C21H20N4O2/c1-2-7-22-17(3-1)21-23-12-16-6-8-25(14-18(16)24-21)13-15-4-5-19-20(11-15)27-10-9-26-19/h1-5,7,11-12H,6,8-10,13-14H2. The molecule has 0 spiro atoms. The number of pyridine rings is 1. The number of aromatic nitrogens is 3. The maximum Gasteiger partial charge on any atom is 0.178 e. The number of benzene rings is 1. The molecule has 5 rings (SSSR count). The van der Waals surface area contributed by atoms with E-state index in [0.717, 1.165) is 48.9 Å². The fraction of sp³-hybridized carbons (Fsp3) is 0.286. The molecule has 0 saturated heterocycles. The molecule has 0 N–H and O–H groups in total. The number of ether oxygens (including phenoxy) is 2. The molecule has 0 radical (unpaired) electrons. The summed E-state index contributed by atoms with van der Waals surface area (Å²) < 4.78 is 11.3. The molecule has 0 bridgehead atoms. The molecule has 3 aromatic rings. The first-order chi connectivity index (χ1) is 13.3. The maximum absolute atomic E-state index is 5.70. The number of fused-ring (bicyclic) bond motifs is 2. The van der Waals surface area contributed by atoms with Crippen LogP contribution in [0.15, 0.2) is 48.8 Å². The van der Waals surface area contributed by atoms with E-state index in [0.29, 0.717) is 19.0 Å². The van der Waals surface area contributed by atoms with Crippen LogP contribution in [0.5, 0.6) is 11.5 Å². The molecule has 0 atom stereocenters. The maximum atomic E-state index is 5.70. The monoisotopic (exact) mass is 360 g/mol. The van der Waals surface area contributed by atoms with Gasteiger partial charge >= 0.3 is 0 Å². The minimum absolute atomic E-state index is 0.612. The van der Waals surface area contributed by atoms with Crippen molar-refractivity contribution in [3.05, 3.63) is 65.6 Å². The highest BCUT2D eigenvalue weighted by atomic mass is 16.6. The van der Waals surface area contributed by atoms with Crippen LogP contribution in [0.3, 0.4) is 0 Å². The van der Waals surface area contributed by atoms with Crippen molar-refractivity contribution < 1.29 is 9.47 Å². The predicted octanol–water partition coefficient (Wildman–Crippen LogP) is 2.87. The SMILES string of the molecule is c1ccc(-c2ncc3c(n2)CN(Cc2ccc4c(c2)OCCO4)CC3)nc1. The third-order valence-electron chi connectivity index (χ3n) is 4.93. The minimum atomic E-state index is 0.612. The Labute approximate surface area is 157 Å². The van der Waals surface area contributed by atoms with Crippen LogP contribution < -0.4 is 9.47 Å². The molecule has 0 aliphatic carbocycles. The van der Waals surface area contributed by atoms with Crippen molar-refractivity contribution in [1.29, 1.82) is 0 Å². The van der Waals surface area contributed by atoms with Crippen molar-refractivity contribution in [2.75, 3.05) is 19.8 Å². The quantitative estimate of drug-likeness (QED) is 0.716. The lowest BCUT2D eigenvalue weighted by Crippen LogP contribution is -2.31. The van der Waals surface area contributed by atoms with Gasteiger partial charge in [0, 0.05) is 32.0 Å². The number of nitrogens with zero attached hydrogens (tertiary/aromatic N) is 4. The molecule has 6 nitrogen and oxygen atoms in total. The molecule has 0 fully saturated rings. The molecular weight excluding hydrogens is 340 g/mol. The second-order valence-electron chi connectivity index (χ2n) is 6.82. The summed E-state index contributed by atoms with van der Waals surface area (Å²) in [6.45, 7) is 3.90. The van der Waals surface area contributed by atoms with E-state index in [4.69, 9.17) is 14.5 Å². The lowest BCUT2D eigenvalue weighted by atomic mass is 10.1. The Kier molecular flexibility index (Phi) is 4.18. The van der Waals surface area contributed by atoms with Gasteiger partial charge in [-0.3, -0.25) is 9.88 Å². The highest BCUT2D eigenvalue weighted by Gasteiger charge is 2.20. The highest BCUT2D eigenvalue weighted by molar-refractivity contribution is 5.49. The molecule has 2 aliphatic heterocycles. The zero-order valence-electron chi connectivity index (χ0n) is 15.0. The Hall–Kier alpha value is -2.99. The molecule has 0 unspecified atom stereocenters. The first-order valence-electron chi connectivity index (χ1n) is 9.22. The summed E-state index contributed by atoms with van der Waals surface area (Å²) in [4.78, 5) is 16.0. The van der Waals surface area contributed by atoms with Gasteiger partial charge in [-0.1, -0.05) is 12.1 Å². The Morgan fingerprint density at radius 1 is 1.00 bits per heavy atom. The van der Waals surface area contributed by atoms with Crippen LogP contribution in [-0.4, -0.2) is 39.6 Å². The van der Waals surface area contributed by atoms with Crippen LogP contribution in [0.4, 0.5) is 0 Å². The molecule has 27 heavy (non-hydrogen) atoms. The van der Waals surface area contributed by atoms with Crippen molar-refractivity contribution in [3.63, 3.8) is 0 Å². The van der Waals surface area contributed by atoms with Gasteiger partial charge in [-0.05, 0) is 41.8 Å². The Bertz CT molecular complexity index is 962. The van der Waals surface area contributed by atoms with Crippen LogP contribution in [0, 0.1) is 0 Å². The smallest absolute Gasteiger partial charge is 0.178 e. The molecule has 4 heterocycles. The van der Waals surface area contributed by atoms with Crippen LogP contribution >= 0.6 is 0 Å². The van der Waals surface area contributed by atoms with Gasteiger partial charge in [0.25, 0.3) is 0 Å². The van der Waals surface area contributed by atoms with E-state index in [1.807, 2.05) is 30.5 Å². The summed E-state index contributed by atoms with van der Waals surface area (Å²) in [6, 6.07) is 12.0. The molecular formula is C21H20N4O2. The number of rotatable bonds is 3. The van der Waals surface area contributed by atoms with E-state index in [1.165, 1.54) is 11.1 Å². The van der Waals surface area contributed by atoms with Crippen LogP contribution in [0.1, 0.15) is 16.8 Å². The van der Waals surface area contributed by atoms with Gasteiger partial charge < -0.3 is 9.47 Å². The van der Waals surface area contributed by atoms with Gasteiger partial charge in [0.1, 0.15) is 18.9 Å². The van der Waals surface area contributed by atoms with E-state index in [1.54, 1.807) is 6.20 Å². The van der Waals surface area contributed by atoms with E-state index in [2.05, 4.69) is 27.0 Å². The van der Waals surface area contributed by atoms with Gasteiger partial charge in [0.2, 0.25) is 0 Å². The minimum Gasteiger partial charge on any atom is -0.486 e. The average Bonchev–Trinajstić information content (AvgIpc) is 2.74. The Morgan fingerprint density at radius 2 is 1.93 bits per heavy atom. The van der Waals surface area contributed by atoms with Gasteiger partial charge in [-0.2, -0.15) is 0 Å². The molecule has 6 heteroatoms. The fourth-order valence-corrected chi connectivity index (χ4v) is 3.55. The van der Waals surface area contributed by atoms with Gasteiger partial charge in [0.15, 0.2) is 17.3 Å². The second kappa shape index (κ2) is 6.96. The Balaban J connectivity index is 1.34. The second-order valence-corrected chi connectivity index (χ2v) is 6.82. The topological polar surface area (TPSA) is 60.4 Å². The zero-order chi connectivity index (χ0) is 18.1. The zero-order valence-corrected chi connectivity index (χ0v) is 15.0. The van der Waals surface area contributed by atoms with Crippen molar-refractivity contribution in [2.24, 2.45) is 0 Å². The first kappa shape index (κ1) is 16.2. The number of hydrogen-bond acceptors (Lipinski definition) is 6. The van der Waals surface area contributed by atoms with Crippen LogP contribution in [-0.2, 0) is 19.5 Å². The summed E-state index contributed by atoms with van der Waals surface area (Å²) in [7, 11) is 0. The van der Waals surface area contributed by atoms with Crippen LogP contribution in [0.2, 0.25) is 0 Å². The lowest BCUT2D eigenvalue weighted by molar-refractivity contribution is 0.171. The van der Waals surface area contributed by atoms with E-state index in [9.17, 15) is 0 Å². The highest BCUT2D eigenvalue weighted by Crippen LogP contribution is 2.31. The normalized spacial score (nSPS) is 16.0. The molecule has 136 valence electrons. The van der Waals surface area contributed by atoms with E-state index >= 15 is 0 Å². The molecule has 2 aliphatic rings. The summed E-state index contributed by atoms with van der Waals surface area (Å²) in [5, 5.41) is 0. The third-order valence-corrected chi connectivity index (χ3v) is 4.93. The van der Waals surface area contributed by atoms with Gasteiger partial charge in [-0.15, -0.1) is 0 Å². The van der Waals surface area contributed by atoms with Crippen LogP contribution in [0.25, 0.3) is 11.5 Å². The molecule has 0 saturated carbocycles. The number of hydrogen-bond donors (Lipinski definition) is 0. The molecule has 1 aromatic carbocycles. The van der Waals surface area contributed by atoms with E-state index < -0.39 is 0 Å². The summed E-state index contributed by atoms with van der Waals surface area (Å²) in [5.74, 6) is 2.37. The van der Waals surface area contributed by atoms with Gasteiger partial charge in [-0.25, -0.2) is 9.97 Å². The fourth-order valence-electron chi connectivity index (χ4n) is 3.55. The summed E-state index contributed by atoms with van der Waals surface area (Å²) in [5.41, 5.74) is 4.36. The summed E-state index contributed by atoms with van der Waals surface area (Å²) >= 11 is 0. The summed E-state index contributed by atoms with van der Waals surface area (Å²) in [6.07, 6.45) is 4.68. The van der Waals surface area contributed by atoms with E-state index in [-0.39, 0.29) is 0 Å². The molecule has 0 amide bonds.